The molecule has 3 rings (SSSR count). The van der Waals surface area contributed by atoms with Gasteiger partial charge in [0.05, 0.1) is 5.52 Å². The van der Waals surface area contributed by atoms with E-state index in [4.69, 9.17) is 0 Å². The molecule has 0 spiro atoms. The molecule has 22 heavy (non-hydrogen) atoms. The van der Waals surface area contributed by atoms with E-state index in [0.717, 1.165) is 35.0 Å². The van der Waals surface area contributed by atoms with Crippen LogP contribution in [-0.4, -0.2) is 26.3 Å². The summed E-state index contributed by atoms with van der Waals surface area (Å²) in [5.74, 6) is 0.619. The zero-order chi connectivity index (χ0) is 15.4. The van der Waals surface area contributed by atoms with E-state index in [1.54, 1.807) is 0 Å². The summed E-state index contributed by atoms with van der Waals surface area (Å²) >= 11 is 0. The lowest BCUT2D eigenvalue weighted by molar-refractivity contribution is 0.644. The first-order valence-corrected chi connectivity index (χ1v) is 8.13. The van der Waals surface area contributed by atoms with Crippen LogP contribution < -0.4 is 5.32 Å². The number of aromatic nitrogens is 4. The molecule has 5 heteroatoms. The van der Waals surface area contributed by atoms with Crippen LogP contribution in [0.5, 0.6) is 0 Å². The highest BCUT2D eigenvalue weighted by atomic mass is 15.3. The summed E-state index contributed by atoms with van der Waals surface area (Å²) in [6.45, 7) is 3.14. The van der Waals surface area contributed by atoms with Gasteiger partial charge in [0.25, 0.3) is 0 Å². The number of unbranched alkanes of at least 4 members (excludes halogenated alkanes) is 4. The number of benzene rings is 1. The van der Waals surface area contributed by atoms with Crippen LogP contribution in [0.1, 0.15) is 39.0 Å². The van der Waals surface area contributed by atoms with Gasteiger partial charge in [-0.1, -0.05) is 50.8 Å². The predicted octanol–water partition coefficient (Wildman–Crippen LogP) is 3.90. The maximum Gasteiger partial charge on any atom is 0.244 e. The molecule has 0 atom stereocenters. The lowest BCUT2D eigenvalue weighted by atomic mass is 10.1. The van der Waals surface area contributed by atoms with Crippen LogP contribution in [0.25, 0.3) is 22.1 Å². The highest BCUT2D eigenvalue weighted by Gasteiger charge is 2.11. The quantitative estimate of drug-likeness (QED) is 0.672. The molecule has 0 bridgehead atoms. The first-order valence-electron chi connectivity index (χ1n) is 8.13. The van der Waals surface area contributed by atoms with Gasteiger partial charge in [-0.15, -0.1) is 10.2 Å². The average molecular weight is 297 g/mol. The molecule has 0 fully saturated rings. The summed E-state index contributed by atoms with van der Waals surface area (Å²) in [5.41, 5.74) is 2.88. The van der Waals surface area contributed by atoms with Crippen LogP contribution in [-0.2, 0) is 7.05 Å². The molecule has 2 aromatic heterocycles. The van der Waals surface area contributed by atoms with Gasteiger partial charge in [-0.05, 0) is 12.5 Å². The third-order valence-electron chi connectivity index (χ3n) is 4.07. The molecule has 0 radical (unpaired) electrons. The van der Waals surface area contributed by atoms with Gasteiger partial charge in [0.15, 0.2) is 5.65 Å². The number of anilines is 1. The molecule has 5 nitrogen and oxygen atoms in total. The number of rotatable bonds is 7. The second-order valence-electron chi connectivity index (χ2n) is 5.72. The van der Waals surface area contributed by atoms with Crippen LogP contribution in [0.15, 0.2) is 24.3 Å². The largest absolute Gasteiger partial charge is 0.353 e. The monoisotopic (exact) mass is 297 g/mol. The summed E-state index contributed by atoms with van der Waals surface area (Å²) in [6.07, 6.45) is 6.30. The molecule has 1 aromatic carbocycles. The van der Waals surface area contributed by atoms with Gasteiger partial charge < -0.3 is 9.88 Å². The lowest BCUT2D eigenvalue weighted by Gasteiger charge is -2.04. The number of hydrogen-bond acceptors (Lipinski definition) is 4. The Morgan fingerprint density at radius 1 is 1.05 bits per heavy atom. The number of hydrogen-bond donors (Lipinski definition) is 1. The van der Waals surface area contributed by atoms with E-state index in [2.05, 4.69) is 44.1 Å². The zero-order valence-corrected chi connectivity index (χ0v) is 13.3. The molecule has 0 saturated carbocycles. The van der Waals surface area contributed by atoms with E-state index in [9.17, 15) is 0 Å². The maximum absolute atomic E-state index is 4.62. The Kier molecular flexibility index (Phi) is 4.51. The lowest BCUT2D eigenvalue weighted by Crippen LogP contribution is -2.07. The van der Waals surface area contributed by atoms with Crippen LogP contribution in [0.3, 0.4) is 0 Å². The average Bonchev–Trinajstić information content (AvgIpc) is 2.84. The number of aryl methyl sites for hydroxylation is 1. The van der Waals surface area contributed by atoms with Crippen LogP contribution in [0.2, 0.25) is 0 Å². The molecule has 0 aliphatic carbocycles. The van der Waals surface area contributed by atoms with E-state index in [1.165, 1.54) is 25.7 Å². The predicted molar refractivity (Wildman–Crippen MR) is 91.1 cm³/mol. The molecule has 1 N–H and O–H groups in total. The first-order chi connectivity index (χ1) is 10.8. The minimum absolute atomic E-state index is 0.619. The van der Waals surface area contributed by atoms with Crippen molar-refractivity contribution in [3.05, 3.63) is 24.3 Å². The fraction of sp³-hybridized carbons (Fsp3) is 0.471. The zero-order valence-electron chi connectivity index (χ0n) is 13.3. The van der Waals surface area contributed by atoms with Crippen molar-refractivity contribution >= 4 is 28.0 Å². The molecule has 0 saturated heterocycles. The molecule has 0 amide bonds. The minimum Gasteiger partial charge on any atom is -0.353 e. The SMILES string of the molecule is CCCCCCCNc1nnc2c3ccccc3n(C)c2n1. The topological polar surface area (TPSA) is 55.6 Å². The molecule has 0 unspecified atom stereocenters. The fourth-order valence-corrected chi connectivity index (χ4v) is 2.81. The minimum atomic E-state index is 0.619. The molecule has 0 aliphatic rings. The molecule has 3 aromatic rings. The van der Waals surface area contributed by atoms with Gasteiger partial charge >= 0.3 is 0 Å². The van der Waals surface area contributed by atoms with Crippen molar-refractivity contribution in [2.45, 2.75) is 39.0 Å². The van der Waals surface area contributed by atoms with Crippen molar-refractivity contribution in [1.29, 1.82) is 0 Å². The molecule has 0 aliphatic heterocycles. The van der Waals surface area contributed by atoms with Crippen molar-refractivity contribution < 1.29 is 0 Å². The van der Waals surface area contributed by atoms with Gasteiger partial charge in [0.1, 0.15) is 5.52 Å². The van der Waals surface area contributed by atoms with E-state index in [1.807, 2.05) is 19.2 Å². The maximum atomic E-state index is 4.62. The number of nitrogens with one attached hydrogen (secondary N) is 1. The van der Waals surface area contributed by atoms with Crippen molar-refractivity contribution in [2.24, 2.45) is 7.05 Å². The van der Waals surface area contributed by atoms with E-state index >= 15 is 0 Å². The van der Waals surface area contributed by atoms with E-state index in [-0.39, 0.29) is 0 Å². The van der Waals surface area contributed by atoms with E-state index < -0.39 is 0 Å². The molecular weight excluding hydrogens is 274 g/mol. The van der Waals surface area contributed by atoms with Crippen LogP contribution in [0, 0.1) is 0 Å². The first kappa shape index (κ1) is 14.8. The Morgan fingerprint density at radius 3 is 2.73 bits per heavy atom. The van der Waals surface area contributed by atoms with Crippen LogP contribution >= 0.6 is 0 Å². The van der Waals surface area contributed by atoms with Crippen LogP contribution in [0.4, 0.5) is 5.95 Å². The summed E-state index contributed by atoms with van der Waals surface area (Å²) in [7, 11) is 2.02. The number of nitrogens with zero attached hydrogens (tertiary/aromatic N) is 4. The molecule has 116 valence electrons. The third kappa shape index (κ3) is 2.89. The smallest absolute Gasteiger partial charge is 0.244 e. The Labute approximate surface area is 130 Å². The summed E-state index contributed by atoms with van der Waals surface area (Å²) in [4.78, 5) is 4.62. The van der Waals surface area contributed by atoms with Crippen molar-refractivity contribution in [3.8, 4) is 0 Å². The van der Waals surface area contributed by atoms with E-state index in [0.29, 0.717) is 5.95 Å². The number of fused-ring (bicyclic) bond motifs is 3. The molecule has 2 heterocycles. The van der Waals surface area contributed by atoms with Gasteiger partial charge in [-0.2, -0.15) is 4.98 Å². The van der Waals surface area contributed by atoms with Crippen molar-refractivity contribution in [2.75, 3.05) is 11.9 Å². The Bertz CT molecular complexity index is 762. The standard InChI is InChI=1S/C17H23N5/c1-3-4-5-6-9-12-18-17-19-16-15(20-21-17)13-10-7-8-11-14(13)22(16)2/h7-8,10-11H,3-6,9,12H2,1-2H3,(H,18,19,21). The summed E-state index contributed by atoms with van der Waals surface area (Å²) in [5, 5.41) is 13.0. The highest BCUT2D eigenvalue weighted by Crippen LogP contribution is 2.24. The highest BCUT2D eigenvalue weighted by molar-refractivity contribution is 6.04. The van der Waals surface area contributed by atoms with Crippen molar-refractivity contribution in [3.63, 3.8) is 0 Å². The Balaban J connectivity index is 1.73. The third-order valence-corrected chi connectivity index (χ3v) is 4.07. The second-order valence-corrected chi connectivity index (χ2v) is 5.72. The van der Waals surface area contributed by atoms with Gasteiger partial charge in [0.2, 0.25) is 5.95 Å². The van der Waals surface area contributed by atoms with Gasteiger partial charge in [-0.25, -0.2) is 0 Å². The van der Waals surface area contributed by atoms with Crippen molar-refractivity contribution in [1.82, 2.24) is 19.7 Å². The van der Waals surface area contributed by atoms with Gasteiger partial charge in [-0.3, -0.25) is 0 Å². The molecular formula is C17H23N5. The Hall–Kier alpha value is -2.17. The second kappa shape index (κ2) is 6.73. The van der Waals surface area contributed by atoms with Gasteiger partial charge in [0, 0.05) is 19.0 Å². The summed E-state index contributed by atoms with van der Waals surface area (Å²) in [6, 6.07) is 8.20. The normalized spacial score (nSPS) is 11.4. The summed E-state index contributed by atoms with van der Waals surface area (Å²) < 4.78 is 2.08. The fourth-order valence-electron chi connectivity index (χ4n) is 2.81. The Morgan fingerprint density at radius 2 is 1.86 bits per heavy atom. The number of para-hydroxylation sites is 1.